The molecule has 6 heteroatoms. The summed E-state index contributed by atoms with van der Waals surface area (Å²) in [7, 11) is 0. The minimum atomic E-state index is -0.277. The summed E-state index contributed by atoms with van der Waals surface area (Å²) in [5, 5.41) is 13.8. The summed E-state index contributed by atoms with van der Waals surface area (Å²) in [6.07, 6.45) is 0.997. The number of rotatable bonds is 7. The average Bonchev–Trinajstić information content (AvgIpc) is 2.55. The molecule has 1 heterocycles. The number of nitrogens with one attached hydrogen (secondary N) is 2. The zero-order chi connectivity index (χ0) is 15.8. The Kier molecular flexibility index (Phi) is 5.71. The molecule has 2 N–H and O–H groups in total. The first-order chi connectivity index (χ1) is 10.7. The van der Waals surface area contributed by atoms with Crippen LogP contribution in [0.2, 0.25) is 0 Å². The zero-order valence-corrected chi connectivity index (χ0v) is 12.7. The second kappa shape index (κ2) is 7.97. The standard InChI is InChI=1S/C16H20N4O2/c1-3-12(2)17-14-9-10-15(20-19-14)18-16(21)11-22-13-7-5-4-6-8-13/h4-10,12H,3,11H2,1-2H3,(H,17,19)(H,18,20,21). The molecule has 2 aromatic rings. The van der Waals surface area contributed by atoms with Crippen molar-refractivity contribution in [1.29, 1.82) is 0 Å². The van der Waals surface area contributed by atoms with Crippen molar-refractivity contribution >= 4 is 17.5 Å². The first-order valence-electron chi connectivity index (χ1n) is 7.25. The summed E-state index contributed by atoms with van der Waals surface area (Å²) in [6.45, 7) is 4.09. The van der Waals surface area contributed by atoms with Crippen molar-refractivity contribution in [3.8, 4) is 5.75 Å². The first-order valence-corrected chi connectivity index (χ1v) is 7.25. The minimum absolute atomic E-state index is 0.0709. The second-order valence-corrected chi connectivity index (χ2v) is 4.91. The van der Waals surface area contributed by atoms with Crippen molar-refractivity contribution in [3.05, 3.63) is 42.5 Å². The lowest BCUT2D eigenvalue weighted by atomic mass is 10.2. The molecule has 0 saturated heterocycles. The molecule has 0 spiro atoms. The van der Waals surface area contributed by atoms with Gasteiger partial charge in [-0.2, -0.15) is 0 Å². The number of para-hydroxylation sites is 1. The van der Waals surface area contributed by atoms with Crippen LogP contribution in [0.3, 0.4) is 0 Å². The van der Waals surface area contributed by atoms with E-state index in [0.717, 1.165) is 6.42 Å². The fourth-order valence-electron chi connectivity index (χ4n) is 1.67. The highest BCUT2D eigenvalue weighted by Crippen LogP contribution is 2.10. The summed E-state index contributed by atoms with van der Waals surface area (Å²) in [5.74, 6) is 1.46. The van der Waals surface area contributed by atoms with Crippen LogP contribution >= 0.6 is 0 Å². The van der Waals surface area contributed by atoms with Gasteiger partial charge in [0, 0.05) is 6.04 Å². The van der Waals surface area contributed by atoms with Gasteiger partial charge in [-0.05, 0) is 37.6 Å². The summed E-state index contributed by atoms with van der Waals surface area (Å²) >= 11 is 0. The van der Waals surface area contributed by atoms with E-state index in [-0.39, 0.29) is 12.5 Å². The highest BCUT2D eigenvalue weighted by atomic mass is 16.5. The van der Waals surface area contributed by atoms with Crippen molar-refractivity contribution in [2.45, 2.75) is 26.3 Å². The van der Waals surface area contributed by atoms with Gasteiger partial charge in [0.2, 0.25) is 0 Å². The van der Waals surface area contributed by atoms with Crippen molar-refractivity contribution in [2.24, 2.45) is 0 Å². The van der Waals surface area contributed by atoms with Crippen LogP contribution in [-0.4, -0.2) is 28.8 Å². The molecule has 0 fully saturated rings. The number of carbonyl (C=O) groups excluding carboxylic acids is 1. The monoisotopic (exact) mass is 300 g/mol. The summed E-state index contributed by atoms with van der Waals surface area (Å²) < 4.78 is 5.36. The van der Waals surface area contributed by atoms with Crippen LogP contribution in [0.15, 0.2) is 42.5 Å². The van der Waals surface area contributed by atoms with Crippen LogP contribution in [0.4, 0.5) is 11.6 Å². The number of hydrogen-bond donors (Lipinski definition) is 2. The van der Waals surface area contributed by atoms with Crippen LogP contribution in [0.1, 0.15) is 20.3 Å². The molecule has 2 rings (SSSR count). The van der Waals surface area contributed by atoms with Gasteiger partial charge in [0.05, 0.1) is 0 Å². The number of ether oxygens (including phenoxy) is 1. The van der Waals surface area contributed by atoms with Gasteiger partial charge in [-0.3, -0.25) is 4.79 Å². The fourth-order valence-corrected chi connectivity index (χ4v) is 1.67. The Labute approximate surface area is 129 Å². The predicted octanol–water partition coefficient (Wildman–Crippen LogP) is 2.70. The van der Waals surface area contributed by atoms with Crippen molar-refractivity contribution in [2.75, 3.05) is 17.2 Å². The molecule has 0 aliphatic rings. The number of hydrogen-bond acceptors (Lipinski definition) is 5. The molecule has 22 heavy (non-hydrogen) atoms. The van der Waals surface area contributed by atoms with E-state index >= 15 is 0 Å². The Bertz CT molecular complexity index is 587. The largest absolute Gasteiger partial charge is 0.484 e. The van der Waals surface area contributed by atoms with Crippen LogP contribution < -0.4 is 15.4 Å². The Morgan fingerprint density at radius 1 is 1.14 bits per heavy atom. The second-order valence-electron chi connectivity index (χ2n) is 4.91. The van der Waals surface area contributed by atoms with Crippen LogP contribution in [0, 0.1) is 0 Å². The normalized spacial score (nSPS) is 11.5. The van der Waals surface area contributed by atoms with E-state index in [1.807, 2.05) is 18.2 Å². The zero-order valence-electron chi connectivity index (χ0n) is 12.7. The fraction of sp³-hybridized carbons (Fsp3) is 0.312. The van der Waals surface area contributed by atoms with E-state index in [4.69, 9.17) is 4.74 Å². The molecule has 0 aliphatic carbocycles. The number of benzene rings is 1. The maximum atomic E-state index is 11.8. The summed E-state index contributed by atoms with van der Waals surface area (Å²) in [6, 6.07) is 13.0. The quantitative estimate of drug-likeness (QED) is 0.822. The molecule has 1 aromatic carbocycles. The highest BCUT2D eigenvalue weighted by Gasteiger charge is 2.06. The Morgan fingerprint density at radius 3 is 2.45 bits per heavy atom. The SMILES string of the molecule is CCC(C)Nc1ccc(NC(=O)COc2ccccc2)nn1. The van der Waals surface area contributed by atoms with Crippen LogP contribution in [0.25, 0.3) is 0 Å². The number of carbonyl (C=O) groups is 1. The smallest absolute Gasteiger partial charge is 0.263 e. The molecule has 1 amide bonds. The first kappa shape index (κ1) is 15.8. The van der Waals surface area contributed by atoms with E-state index in [9.17, 15) is 4.79 Å². The lowest BCUT2D eigenvalue weighted by molar-refractivity contribution is -0.118. The van der Waals surface area contributed by atoms with Crippen LogP contribution in [0.5, 0.6) is 5.75 Å². The number of aromatic nitrogens is 2. The lowest BCUT2D eigenvalue weighted by Gasteiger charge is -2.11. The van der Waals surface area contributed by atoms with E-state index in [2.05, 4.69) is 34.7 Å². The van der Waals surface area contributed by atoms with Gasteiger partial charge < -0.3 is 15.4 Å². The third kappa shape index (κ3) is 5.05. The van der Waals surface area contributed by atoms with E-state index in [1.165, 1.54) is 0 Å². The maximum absolute atomic E-state index is 11.8. The van der Waals surface area contributed by atoms with E-state index < -0.39 is 0 Å². The molecule has 1 aromatic heterocycles. The van der Waals surface area contributed by atoms with E-state index in [0.29, 0.717) is 23.4 Å². The molecule has 1 unspecified atom stereocenters. The topological polar surface area (TPSA) is 76.1 Å². The minimum Gasteiger partial charge on any atom is -0.484 e. The third-order valence-corrected chi connectivity index (χ3v) is 3.05. The molecule has 0 aliphatic heterocycles. The van der Waals surface area contributed by atoms with Crippen molar-refractivity contribution in [3.63, 3.8) is 0 Å². The lowest BCUT2D eigenvalue weighted by Crippen LogP contribution is -2.21. The van der Waals surface area contributed by atoms with Gasteiger partial charge >= 0.3 is 0 Å². The van der Waals surface area contributed by atoms with Gasteiger partial charge in [0.15, 0.2) is 12.4 Å². The summed E-state index contributed by atoms with van der Waals surface area (Å²) in [5.41, 5.74) is 0. The van der Waals surface area contributed by atoms with Gasteiger partial charge in [-0.1, -0.05) is 25.1 Å². The van der Waals surface area contributed by atoms with Gasteiger partial charge in [-0.15, -0.1) is 10.2 Å². The van der Waals surface area contributed by atoms with Gasteiger partial charge in [0.25, 0.3) is 5.91 Å². The molecule has 6 nitrogen and oxygen atoms in total. The molecular formula is C16H20N4O2. The van der Waals surface area contributed by atoms with Crippen LogP contribution in [-0.2, 0) is 4.79 Å². The molecule has 0 bridgehead atoms. The molecule has 0 radical (unpaired) electrons. The molecule has 1 atom stereocenters. The van der Waals surface area contributed by atoms with E-state index in [1.54, 1.807) is 24.3 Å². The van der Waals surface area contributed by atoms with Crippen molar-refractivity contribution < 1.29 is 9.53 Å². The summed E-state index contributed by atoms with van der Waals surface area (Å²) in [4.78, 5) is 11.8. The number of nitrogens with zero attached hydrogens (tertiary/aromatic N) is 2. The van der Waals surface area contributed by atoms with Crippen molar-refractivity contribution in [1.82, 2.24) is 10.2 Å². The number of amides is 1. The third-order valence-electron chi connectivity index (χ3n) is 3.05. The molecule has 116 valence electrons. The Morgan fingerprint density at radius 2 is 1.82 bits per heavy atom. The number of anilines is 2. The average molecular weight is 300 g/mol. The maximum Gasteiger partial charge on any atom is 0.263 e. The van der Waals surface area contributed by atoms with Gasteiger partial charge in [0.1, 0.15) is 11.6 Å². The Hall–Kier alpha value is -2.63. The molecule has 0 saturated carbocycles. The van der Waals surface area contributed by atoms with Gasteiger partial charge in [-0.25, -0.2) is 0 Å². The predicted molar refractivity (Wildman–Crippen MR) is 86.0 cm³/mol. The Balaban J connectivity index is 1.81. The molecular weight excluding hydrogens is 280 g/mol. The highest BCUT2D eigenvalue weighted by molar-refractivity contribution is 5.90.